The second kappa shape index (κ2) is 12.6. The fraction of sp³-hybridized carbons (Fsp3) is 0.323. The molecular weight excluding hydrogens is 500 g/mol. The summed E-state index contributed by atoms with van der Waals surface area (Å²) in [5, 5.41) is 4.88. The number of benzene rings is 2. The fourth-order valence-corrected chi connectivity index (χ4v) is 6.61. The molecule has 1 N–H and O–H groups in total. The van der Waals surface area contributed by atoms with Crippen LogP contribution >= 0.6 is 22.9 Å². The van der Waals surface area contributed by atoms with Crippen molar-refractivity contribution >= 4 is 44.5 Å². The van der Waals surface area contributed by atoms with Gasteiger partial charge in [0.15, 0.2) is 0 Å². The zero-order chi connectivity index (χ0) is 26.4. The third kappa shape index (κ3) is 6.01. The molecule has 0 saturated heterocycles. The standard InChI is InChI=1S/C31H35ClN2O2S/c1-5-9-21(10-6-2)22-13-18-27(36-4)23(19-22)20-34(25-16-14-24(33-3)15-17-25)31(35)30-29(32)26-11-7-8-12-28(26)37-30/h5-13,18-19,24-25,33H,1,14-17,20H2,2-4H3/b10-6-,21-9+/t24-,25-. The second-order valence-corrected chi connectivity index (χ2v) is 10.8. The van der Waals surface area contributed by atoms with E-state index in [0.717, 1.165) is 58.2 Å². The molecule has 4 nitrogen and oxygen atoms in total. The molecule has 0 unspecified atom stereocenters. The van der Waals surface area contributed by atoms with E-state index in [1.807, 2.05) is 67.4 Å². The van der Waals surface area contributed by atoms with Crippen molar-refractivity contribution in [1.29, 1.82) is 0 Å². The highest BCUT2D eigenvalue weighted by Crippen LogP contribution is 2.38. The molecule has 37 heavy (non-hydrogen) atoms. The van der Waals surface area contributed by atoms with Gasteiger partial charge in [-0.05, 0) is 69.0 Å². The number of methoxy groups -OCH3 is 1. The maximum Gasteiger partial charge on any atom is 0.266 e. The van der Waals surface area contributed by atoms with Crippen molar-refractivity contribution in [2.75, 3.05) is 14.2 Å². The van der Waals surface area contributed by atoms with Crippen molar-refractivity contribution in [2.24, 2.45) is 0 Å². The van der Waals surface area contributed by atoms with E-state index < -0.39 is 0 Å². The first-order valence-electron chi connectivity index (χ1n) is 12.8. The van der Waals surface area contributed by atoms with Crippen LogP contribution in [-0.2, 0) is 6.54 Å². The lowest BCUT2D eigenvalue weighted by molar-refractivity contribution is 0.0604. The number of thiophene rings is 1. The first kappa shape index (κ1) is 27.2. The van der Waals surface area contributed by atoms with Gasteiger partial charge in [-0.1, -0.05) is 66.7 Å². The Kier molecular flexibility index (Phi) is 9.25. The fourth-order valence-electron chi connectivity index (χ4n) is 5.14. The van der Waals surface area contributed by atoms with E-state index in [1.54, 1.807) is 13.2 Å². The average Bonchev–Trinajstić information content (AvgIpc) is 3.27. The molecule has 2 aromatic carbocycles. The molecule has 0 radical (unpaired) electrons. The first-order chi connectivity index (χ1) is 18.0. The van der Waals surface area contributed by atoms with Gasteiger partial charge < -0.3 is 15.0 Å². The Morgan fingerprint density at radius 2 is 1.97 bits per heavy atom. The number of carbonyl (C=O) groups is 1. The minimum atomic E-state index is -0.0122. The number of hydrogen-bond donors (Lipinski definition) is 1. The molecule has 4 rings (SSSR count). The van der Waals surface area contributed by atoms with E-state index in [2.05, 4.69) is 24.0 Å². The molecule has 1 aliphatic carbocycles. The smallest absolute Gasteiger partial charge is 0.266 e. The molecule has 6 heteroatoms. The number of rotatable bonds is 9. The predicted molar refractivity (Wildman–Crippen MR) is 158 cm³/mol. The number of carbonyl (C=O) groups excluding carboxylic acids is 1. The summed E-state index contributed by atoms with van der Waals surface area (Å²) in [7, 11) is 3.69. The number of fused-ring (bicyclic) bond motifs is 1. The van der Waals surface area contributed by atoms with Crippen LogP contribution in [0.25, 0.3) is 15.7 Å². The Balaban J connectivity index is 1.75. The number of nitrogens with zero attached hydrogens (tertiary/aromatic N) is 1. The van der Waals surface area contributed by atoms with Crippen LogP contribution in [0.3, 0.4) is 0 Å². The zero-order valence-electron chi connectivity index (χ0n) is 21.8. The van der Waals surface area contributed by atoms with Crippen molar-refractivity contribution in [3.63, 3.8) is 0 Å². The van der Waals surface area contributed by atoms with Crippen LogP contribution in [0, 0.1) is 0 Å². The van der Waals surface area contributed by atoms with Gasteiger partial charge >= 0.3 is 0 Å². The zero-order valence-corrected chi connectivity index (χ0v) is 23.4. The van der Waals surface area contributed by atoms with Crippen molar-refractivity contribution in [1.82, 2.24) is 10.2 Å². The minimum Gasteiger partial charge on any atom is -0.496 e. The van der Waals surface area contributed by atoms with E-state index in [9.17, 15) is 4.79 Å². The van der Waals surface area contributed by atoms with Gasteiger partial charge in [-0.15, -0.1) is 11.3 Å². The van der Waals surface area contributed by atoms with E-state index in [-0.39, 0.29) is 11.9 Å². The maximum atomic E-state index is 14.2. The van der Waals surface area contributed by atoms with E-state index in [0.29, 0.717) is 22.5 Å². The lowest BCUT2D eigenvalue weighted by Gasteiger charge is -2.37. The highest BCUT2D eigenvalue weighted by Gasteiger charge is 2.32. The third-order valence-corrected chi connectivity index (χ3v) is 8.80. The SMILES string of the molecule is C=C/C=C(\C=C/C)c1ccc(OC)c(CN(C(=O)c2sc3ccccc3c2Cl)[C@H]2CC[C@H](NC)CC2)c1. The van der Waals surface area contributed by atoms with Crippen molar-refractivity contribution < 1.29 is 9.53 Å². The van der Waals surface area contributed by atoms with E-state index >= 15 is 0 Å². The lowest BCUT2D eigenvalue weighted by Crippen LogP contribution is -2.44. The van der Waals surface area contributed by atoms with Crippen molar-refractivity contribution in [2.45, 2.75) is 51.2 Å². The second-order valence-electron chi connectivity index (χ2n) is 9.35. The summed E-state index contributed by atoms with van der Waals surface area (Å²) in [5.74, 6) is 0.758. The van der Waals surface area contributed by atoms with Crippen molar-refractivity contribution in [3.05, 3.63) is 94.4 Å². The molecule has 1 aliphatic rings. The van der Waals surface area contributed by atoms with E-state index in [4.69, 9.17) is 16.3 Å². The average molecular weight is 535 g/mol. The first-order valence-corrected chi connectivity index (χ1v) is 14.0. The van der Waals surface area contributed by atoms with Gasteiger partial charge in [0.25, 0.3) is 5.91 Å². The van der Waals surface area contributed by atoms with Crippen LogP contribution < -0.4 is 10.1 Å². The molecule has 0 bridgehead atoms. The van der Waals surface area contributed by atoms with Gasteiger partial charge in [-0.25, -0.2) is 0 Å². The molecule has 0 spiro atoms. The molecule has 3 aromatic rings. The Hall–Kier alpha value is -2.86. The summed E-state index contributed by atoms with van der Waals surface area (Å²) in [5.41, 5.74) is 3.09. The molecule has 1 saturated carbocycles. The summed E-state index contributed by atoms with van der Waals surface area (Å²) in [4.78, 5) is 16.8. The third-order valence-electron chi connectivity index (χ3n) is 7.13. The molecule has 0 aliphatic heterocycles. The number of nitrogens with one attached hydrogen (secondary N) is 1. The molecule has 1 amide bonds. The van der Waals surface area contributed by atoms with Crippen LogP contribution in [0.2, 0.25) is 5.02 Å². The summed E-state index contributed by atoms with van der Waals surface area (Å²) in [6, 6.07) is 14.7. The van der Waals surface area contributed by atoms with Gasteiger partial charge in [0.05, 0.1) is 12.1 Å². The summed E-state index contributed by atoms with van der Waals surface area (Å²) < 4.78 is 6.78. The normalized spacial score (nSPS) is 18.3. The minimum absolute atomic E-state index is 0.0122. The Morgan fingerprint density at radius 1 is 1.22 bits per heavy atom. The van der Waals surface area contributed by atoms with Crippen LogP contribution in [0.1, 0.15) is 53.4 Å². The van der Waals surface area contributed by atoms with Crippen LogP contribution in [0.5, 0.6) is 5.75 Å². The van der Waals surface area contributed by atoms with Crippen molar-refractivity contribution in [3.8, 4) is 5.75 Å². The number of hydrogen-bond acceptors (Lipinski definition) is 4. The van der Waals surface area contributed by atoms with Gasteiger partial charge in [0.1, 0.15) is 10.6 Å². The van der Waals surface area contributed by atoms with Crippen LogP contribution in [0.4, 0.5) is 0 Å². The quantitative estimate of drug-likeness (QED) is 0.284. The molecule has 1 aromatic heterocycles. The number of amides is 1. The predicted octanol–water partition coefficient (Wildman–Crippen LogP) is 7.88. The summed E-state index contributed by atoms with van der Waals surface area (Å²) in [6.07, 6.45) is 11.8. The molecule has 1 fully saturated rings. The Labute approximate surface area is 229 Å². The van der Waals surface area contributed by atoms with Gasteiger partial charge in [-0.3, -0.25) is 4.79 Å². The molecule has 0 atom stereocenters. The molecule has 194 valence electrons. The number of ether oxygens (including phenoxy) is 1. The lowest BCUT2D eigenvalue weighted by atomic mass is 9.89. The number of halogens is 1. The van der Waals surface area contributed by atoms with Crippen LogP contribution in [0.15, 0.2) is 73.3 Å². The maximum absolute atomic E-state index is 14.2. The summed E-state index contributed by atoms with van der Waals surface area (Å²) in [6.45, 7) is 6.31. The monoisotopic (exact) mass is 534 g/mol. The van der Waals surface area contributed by atoms with Gasteiger partial charge in [0.2, 0.25) is 0 Å². The van der Waals surface area contributed by atoms with Gasteiger partial charge in [0, 0.05) is 34.3 Å². The van der Waals surface area contributed by atoms with Crippen LogP contribution in [-0.4, -0.2) is 37.0 Å². The highest BCUT2D eigenvalue weighted by molar-refractivity contribution is 7.21. The Morgan fingerprint density at radius 3 is 2.62 bits per heavy atom. The van der Waals surface area contributed by atoms with E-state index in [1.165, 1.54) is 11.3 Å². The number of allylic oxidation sites excluding steroid dienone is 5. The summed E-state index contributed by atoms with van der Waals surface area (Å²) >= 11 is 8.26. The van der Waals surface area contributed by atoms with Gasteiger partial charge in [-0.2, -0.15) is 0 Å². The Bertz CT molecular complexity index is 1320. The topological polar surface area (TPSA) is 41.6 Å². The molecule has 1 heterocycles. The largest absolute Gasteiger partial charge is 0.496 e. The molecular formula is C31H35ClN2O2S. The highest BCUT2D eigenvalue weighted by atomic mass is 35.5.